The van der Waals surface area contributed by atoms with Crippen molar-refractivity contribution >= 4 is 40.9 Å². The minimum atomic E-state index is -0.191. The Morgan fingerprint density at radius 2 is 2.00 bits per heavy atom. The Hall–Kier alpha value is -1.20. The standard InChI is InChI=1S/C19H27ClN2O2S/c1-3-22(19(24)13-25-16-7-5-4-6-8-16)12-18(23)21-17-11-15(20)10-9-14(17)2/h9-11,16H,3-8,12-13H2,1-2H3,(H,21,23). The summed E-state index contributed by atoms with van der Waals surface area (Å²) < 4.78 is 0. The molecule has 1 aliphatic carbocycles. The van der Waals surface area contributed by atoms with Gasteiger partial charge in [0.15, 0.2) is 0 Å². The molecule has 1 N–H and O–H groups in total. The van der Waals surface area contributed by atoms with Crippen molar-refractivity contribution in [3.63, 3.8) is 0 Å². The van der Waals surface area contributed by atoms with Crippen LogP contribution in [0.15, 0.2) is 18.2 Å². The first kappa shape index (κ1) is 20.1. The van der Waals surface area contributed by atoms with E-state index < -0.39 is 0 Å². The van der Waals surface area contributed by atoms with Crippen LogP contribution in [0.4, 0.5) is 5.69 Å². The van der Waals surface area contributed by atoms with Crippen LogP contribution in [0.5, 0.6) is 0 Å². The molecular weight excluding hydrogens is 356 g/mol. The predicted molar refractivity (Wildman–Crippen MR) is 106 cm³/mol. The Labute approximate surface area is 159 Å². The number of aryl methyl sites for hydroxylation is 1. The second-order valence-corrected chi connectivity index (χ2v) is 8.21. The number of carbonyl (C=O) groups excluding carboxylic acids is 2. The van der Waals surface area contributed by atoms with Crippen LogP contribution in [0.2, 0.25) is 5.02 Å². The number of thioether (sulfide) groups is 1. The number of nitrogens with zero attached hydrogens (tertiary/aromatic N) is 1. The molecule has 138 valence electrons. The smallest absolute Gasteiger partial charge is 0.244 e. The van der Waals surface area contributed by atoms with Gasteiger partial charge in [-0.3, -0.25) is 9.59 Å². The number of nitrogens with one attached hydrogen (secondary N) is 1. The quantitative estimate of drug-likeness (QED) is 0.755. The van der Waals surface area contributed by atoms with Gasteiger partial charge in [-0.15, -0.1) is 11.8 Å². The zero-order valence-corrected chi connectivity index (χ0v) is 16.6. The van der Waals surface area contributed by atoms with Crippen LogP contribution in [0.1, 0.15) is 44.6 Å². The van der Waals surface area contributed by atoms with Crippen molar-refractivity contribution in [3.05, 3.63) is 28.8 Å². The van der Waals surface area contributed by atoms with Crippen LogP contribution in [-0.4, -0.2) is 40.8 Å². The summed E-state index contributed by atoms with van der Waals surface area (Å²) in [7, 11) is 0. The van der Waals surface area contributed by atoms with Crippen LogP contribution < -0.4 is 5.32 Å². The predicted octanol–water partition coefficient (Wildman–Crippen LogP) is 4.50. The van der Waals surface area contributed by atoms with E-state index in [2.05, 4.69) is 5.32 Å². The fourth-order valence-corrected chi connectivity index (χ4v) is 4.38. The molecule has 1 fully saturated rings. The minimum Gasteiger partial charge on any atom is -0.333 e. The highest BCUT2D eigenvalue weighted by Crippen LogP contribution is 2.28. The van der Waals surface area contributed by atoms with Gasteiger partial charge in [0.1, 0.15) is 0 Å². The van der Waals surface area contributed by atoms with Crippen LogP contribution in [-0.2, 0) is 9.59 Å². The van der Waals surface area contributed by atoms with Gasteiger partial charge in [0, 0.05) is 22.5 Å². The van der Waals surface area contributed by atoms with E-state index in [0.29, 0.717) is 28.3 Å². The molecule has 1 aliphatic rings. The molecule has 0 radical (unpaired) electrons. The van der Waals surface area contributed by atoms with Crippen LogP contribution in [0.3, 0.4) is 0 Å². The lowest BCUT2D eigenvalue weighted by atomic mass is 10.0. The van der Waals surface area contributed by atoms with Gasteiger partial charge in [0.2, 0.25) is 11.8 Å². The second kappa shape index (κ2) is 10.1. The van der Waals surface area contributed by atoms with Crippen LogP contribution >= 0.6 is 23.4 Å². The van der Waals surface area contributed by atoms with Crippen molar-refractivity contribution in [1.82, 2.24) is 4.90 Å². The summed E-state index contributed by atoms with van der Waals surface area (Å²) in [5.41, 5.74) is 1.64. The third-order valence-corrected chi connectivity index (χ3v) is 6.13. The topological polar surface area (TPSA) is 49.4 Å². The van der Waals surface area contributed by atoms with E-state index in [4.69, 9.17) is 11.6 Å². The monoisotopic (exact) mass is 382 g/mol. The second-order valence-electron chi connectivity index (χ2n) is 6.49. The first-order valence-corrected chi connectivity index (χ1v) is 10.4. The summed E-state index contributed by atoms with van der Waals surface area (Å²) in [5.74, 6) is 0.307. The molecule has 1 saturated carbocycles. The number of likely N-dealkylation sites (N-methyl/N-ethyl adjacent to an activating group) is 1. The molecular formula is C19H27ClN2O2S. The SMILES string of the molecule is CCN(CC(=O)Nc1cc(Cl)ccc1C)C(=O)CSC1CCCCC1. The van der Waals surface area contributed by atoms with Gasteiger partial charge in [0.25, 0.3) is 0 Å². The van der Waals surface area contributed by atoms with E-state index in [1.54, 1.807) is 28.8 Å². The molecule has 4 nitrogen and oxygen atoms in total. The average Bonchev–Trinajstić information content (AvgIpc) is 2.61. The zero-order chi connectivity index (χ0) is 18.2. The molecule has 1 aromatic carbocycles. The van der Waals surface area contributed by atoms with Gasteiger partial charge < -0.3 is 10.2 Å². The van der Waals surface area contributed by atoms with Crippen molar-refractivity contribution in [3.8, 4) is 0 Å². The van der Waals surface area contributed by atoms with E-state index in [9.17, 15) is 9.59 Å². The maximum Gasteiger partial charge on any atom is 0.244 e. The molecule has 1 aromatic rings. The summed E-state index contributed by atoms with van der Waals surface area (Å²) in [6.45, 7) is 4.43. The Bertz CT molecular complexity index is 603. The number of benzene rings is 1. The summed E-state index contributed by atoms with van der Waals surface area (Å²) in [6.07, 6.45) is 6.27. The highest BCUT2D eigenvalue weighted by molar-refractivity contribution is 8.00. The molecule has 0 atom stereocenters. The molecule has 2 rings (SSSR count). The maximum atomic E-state index is 12.4. The van der Waals surface area contributed by atoms with Crippen molar-refractivity contribution in [2.45, 2.75) is 51.2 Å². The molecule has 0 bridgehead atoms. The van der Waals surface area contributed by atoms with Crippen molar-refractivity contribution in [1.29, 1.82) is 0 Å². The molecule has 0 aliphatic heterocycles. The molecule has 25 heavy (non-hydrogen) atoms. The largest absolute Gasteiger partial charge is 0.333 e. The van der Waals surface area contributed by atoms with Gasteiger partial charge in [0.05, 0.1) is 12.3 Å². The maximum absolute atomic E-state index is 12.4. The number of amides is 2. The number of halogens is 1. The van der Waals surface area contributed by atoms with Gasteiger partial charge in [-0.1, -0.05) is 36.9 Å². The van der Waals surface area contributed by atoms with E-state index in [1.807, 2.05) is 19.9 Å². The number of hydrogen-bond donors (Lipinski definition) is 1. The number of anilines is 1. The highest BCUT2D eigenvalue weighted by atomic mass is 35.5. The van der Waals surface area contributed by atoms with E-state index in [-0.39, 0.29) is 18.4 Å². The highest BCUT2D eigenvalue weighted by Gasteiger charge is 2.19. The fraction of sp³-hybridized carbons (Fsp3) is 0.579. The molecule has 2 amide bonds. The van der Waals surface area contributed by atoms with E-state index >= 15 is 0 Å². The number of hydrogen-bond acceptors (Lipinski definition) is 3. The molecule has 6 heteroatoms. The van der Waals surface area contributed by atoms with Crippen molar-refractivity contribution in [2.75, 3.05) is 24.2 Å². The van der Waals surface area contributed by atoms with E-state index in [0.717, 1.165) is 5.56 Å². The third-order valence-electron chi connectivity index (χ3n) is 4.54. The zero-order valence-electron chi connectivity index (χ0n) is 15.0. The molecule has 0 heterocycles. The van der Waals surface area contributed by atoms with Gasteiger partial charge in [-0.2, -0.15) is 0 Å². The number of carbonyl (C=O) groups is 2. The molecule has 0 aromatic heterocycles. The lowest BCUT2D eigenvalue weighted by Crippen LogP contribution is -2.39. The Balaban J connectivity index is 1.83. The lowest BCUT2D eigenvalue weighted by molar-refractivity contribution is -0.132. The van der Waals surface area contributed by atoms with Gasteiger partial charge in [-0.05, 0) is 44.4 Å². The number of rotatable bonds is 7. The molecule has 0 unspecified atom stereocenters. The van der Waals surface area contributed by atoms with Crippen LogP contribution in [0, 0.1) is 6.92 Å². The Morgan fingerprint density at radius 3 is 2.68 bits per heavy atom. The summed E-state index contributed by atoms with van der Waals surface area (Å²) >= 11 is 7.72. The van der Waals surface area contributed by atoms with Crippen molar-refractivity contribution < 1.29 is 9.59 Å². The van der Waals surface area contributed by atoms with Crippen LogP contribution in [0.25, 0.3) is 0 Å². The van der Waals surface area contributed by atoms with Gasteiger partial charge >= 0.3 is 0 Å². The summed E-state index contributed by atoms with van der Waals surface area (Å²) in [6, 6.07) is 5.38. The average molecular weight is 383 g/mol. The Kier molecular flexibility index (Phi) is 8.10. The minimum absolute atomic E-state index is 0.0380. The first-order valence-electron chi connectivity index (χ1n) is 8.95. The van der Waals surface area contributed by atoms with E-state index in [1.165, 1.54) is 32.1 Å². The first-order chi connectivity index (χ1) is 12.0. The Morgan fingerprint density at radius 1 is 1.28 bits per heavy atom. The van der Waals surface area contributed by atoms with Gasteiger partial charge in [-0.25, -0.2) is 0 Å². The van der Waals surface area contributed by atoms with Crippen molar-refractivity contribution in [2.24, 2.45) is 0 Å². The summed E-state index contributed by atoms with van der Waals surface area (Å²) in [4.78, 5) is 26.3. The normalized spacial score (nSPS) is 15.0. The lowest BCUT2D eigenvalue weighted by Gasteiger charge is -2.24. The third kappa shape index (κ3) is 6.55. The molecule has 0 saturated heterocycles. The summed E-state index contributed by atoms with van der Waals surface area (Å²) in [5, 5.41) is 4.03. The fourth-order valence-electron chi connectivity index (χ4n) is 2.98. The molecule has 0 spiro atoms.